The predicted molar refractivity (Wildman–Crippen MR) is 78.9 cm³/mol. The van der Waals surface area contributed by atoms with E-state index in [0.29, 0.717) is 12.1 Å². The van der Waals surface area contributed by atoms with E-state index in [2.05, 4.69) is 5.32 Å². The Morgan fingerprint density at radius 3 is 2.76 bits per heavy atom. The number of carbonyl (C=O) groups excluding carboxylic acids is 1. The van der Waals surface area contributed by atoms with Crippen molar-refractivity contribution in [3.8, 4) is 0 Å². The van der Waals surface area contributed by atoms with Gasteiger partial charge in [-0.25, -0.2) is 8.78 Å². The Bertz CT molecular complexity index is 563. The number of benzene rings is 1. The molecule has 1 N–H and O–H groups in total. The third-order valence-corrected chi connectivity index (χ3v) is 4.85. The quantitative estimate of drug-likeness (QED) is 0.849. The first-order valence-corrected chi connectivity index (χ1v) is 8.49. The molecule has 0 bridgehead atoms. The van der Waals surface area contributed by atoms with E-state index >= 15 is 0 Å². The van der Waals surface area contributed by atoms with Crippen LogP contribution in [0.3, 0.4) is 0 Å². The largest absolute Gasteiger partial charge is 0.321 e. The van der Waals surface area contributed by atoms with Crippen LogP contribution in [0.25, 0.3) is 0 Å². The molecule has 1 amide bonds. The van der Waals surface area contributed by atoms with E-state index in [1.807, 2.05) is 6.26 Å². The molecule has 2 fully saturated rings. The summed E-state index contributed by atoms with van der Waals surface area (Å²) in [6.45, 7) is 0.637. The smallest absolute Gasteiger partial charge is 0.244 e. The van der Waals surface area contributed by atoms with Crippen molar-refractivity contribution in [2.24, 2.45) is 0 Å². The lowest BCUT2D eigenvalue weighted by Gasteiger charge is -2.24. The van der Waals surface area contributed by atoms with E-state index in [9.17, 15) is 13.6 Å². The second-order valence-corrected chi connectivity index (χ2v) is 6.63. The van der Waals surface area contributed by atoms with Crippen LogP contribution in [0.15, 0.2) is 18.2 Å². The van der Waals surface area contributed by atoms with Gasteiger partial charge in [0, 0.05) is 6.54 Å². The molecule has 1 aromatic carbocycles. The zero-order chi connectivity index (χ0) is 15.0. The summed E-state index contributed by atoms with van der Waals surface area (Å²) in [6.07, 6.45) is 4.22. The summed E-state index contributed by atoms with van der Waals surface area (Å²) in [6, 6.07) is 3.85. The molecule has 21 heavy (non-hydrogen) atoms. The summed E-state index contributed by atoms with van der Waals surface area (Å²) >= 11 is 1.74. The molecule has 0 aromatic heterocycles. The fraction of sp³-hybridized carbons (Fsp3) is 0.533. The Labute approximate surface area is 127 Å². The normalized spacial score (nSPS) is 23.1. The monoisotopic (exact) mass is 312 g/mol. The van der Waals surface area contributed by atoms with E-state index in [1.165, 1.54) is 6.07 Å². The molecule has 3 nitrogen and oxygen atoms in total. The van der Waals surface area contributed by atoms with Crippen LogP contribution in [0.4, 0.5) is 8.78 Å². The van der Waals surface area contributed by atoms with E-state index in [0.717, 1.165) is 31.1 Å². The van der Waals surface area contributed by atoms with Gasteiger partial charge in [0.1, 0.15) is 11.7 Å². The van der Waals surface area contributed by atoms with Crippen molar-refractivity contribution in [1.29, 1.82) is 0 Å². The number of thioether (sulfide) groups is 1. The molecule has 0 radical (unpaired) electrons. The molecule has 1 aliphatic heterocycles. The molecule has 1 saturated heterocycles. The van der Waals surface area contributed by atoms with Crippen molar-refractivity contribution in [2.45, 2.75) is 31.0 Å². The molecule has 3 rings (SSSR count). The van der Waals surface area contributed by atoms with Gasteiger partial charge in [0.05, 0.1) is 0 Å². The van der Waals surface area contributed by atoms with Gasteiger partial charge >= 0.3 is 0 Å². The number of hydrogen-bond acceptors (Lipinski definition) is 3. The molecule has 1 atom stereocenters. The molecule has 1 saturated carbocycles. The fourth-order valence-electron chi connectivity index (χ4n) is 2.83. The molecule has 6 heteroatoms. The lowest BCUT2D eigenvalue weighted by Crippen LogP contribution is -2.33. The van der Waals surface area contributed by atoms with Crippen LogP contribution in [-0.2, 0) is 4.79 Å². The standard InChI is InChI=1S/C15H18F2N2OS/c1-21-8-2-7-19-13(18-15(5-6-15)14(19)20)10-3-4-11(16)12(17)9-10/h3-4,9,13,18H,2,5-8H2,1H3. The van der Waals surface area contributed by atoms with Gasteiger partial charge in [-0.3, -0.25) is 10.1 Å². The third-order valence-electron chi connectivity index (χ3n) is 4.15. The molecule has 1 spiro atoms. The van der Waals surface area contributed by atoms with E-state index in [-0.39, 0.29) is 12.1 Å². The predicted octanol–water partition coefficient (Wildman–Crippen LogP) is 2.68. The zero-order valence-corrected chi connectivity index (χ0v) is 12.7. The van der Waals surface area contributed by atoms with Gasteiger partial charge in [0.25, 0.3) is 0 Å². The summed E-state index contributed by atoms with van der Waals surface area (Å²) in [4.78, 5) is 14.3. The van der Waals surface area contributed by atoms with Crippen molar-refractivity contribution in [3.05, 3.63) is 35.4 Å². The molecule has 2 aliphatic rings. The Balaban J connectivity index is 1.83. The van der Waals surface area contributed by atoms with Crippen LogP contribution < -0.4 is 5.32 Å². The van der Waals surface area contributed by atoms with Gasteiger partial charge in [-0.2, -0.15) is 11.8 Å². The Morgan fingerprint density at radius 2 is 2.14 bits per heavy atom. The van der Waals surface area contributed by atoms with Crippen molar-refractivity contribution in [1.82, 2.24) is 10.2 Å². The third kappa shape index (κ3) is 2.66. The number of nitrogens with one attached hydrogen (secondary N) is 1. The van der Waals surface area contributed by atoms with Gasteiger partial charge in [0.2, 0.25) is 5.91 Å². The Hall–Kier alpha value is -1.14. The maximum Gasteiger partial charge on any atom is 0.244 e. The van der Waals surface area contributed by atoms with Gasteiger partial charge < -0.3 is 4.90 Å². The van der Waals surface area contributed by atoms with Crippen LogP contribution in [-0.4, -0.2) is 34.9 Å². The molecule has 1 heterocycles. The molecular weight excluding hydrogens is 294 g/mol. The van der Waals surface area contributed by atoms with Crippen molar-refractivity contribution < 1.29 is 13.6 Å². The number of nitrogens with zero attached hydrogens (tertiary/aromatic N) is 1. The topological polar surface area (TPSA) is 32.3 Å². The summed E-state index contributed by atoms with van der Waals surface area (Å²) in [7, 11) is 0. The Kier molecular flexibility index (Phi) is 3.92. The molecule has 1 aromatic rings. The lowest BCUT2D eigenvalue weighted by molar-refractivity contribution is -0.130. The first-order chi connectivity index (χ1) is 10.1. The molecular formula is C15H18F2N2OS. The molecule has 1 aliphatic carbocycles. The molecule has 114 valence electrons. The highest BCUT2D eigenvalue weighted by Crippen LogP contribution is 2.46. The van der Waals surface area contributed by atoms with Crippen LogP contribution in [0.2, 0.25) is 0 Å². The molecule has 1 unspecified atom stereocenters. The second-order valence-electron chi connectivity index (χ2n) is 5.65. The minimum atomic E-state index is -0.873. The Morgan fingerprint density at radius 1 is 1.38 bits per heavy atom. The van der Waals surface area contributed by atoms with Gasteiger partial charge in [-0.05, 0) is 49.0 Å². The number of carbonyl (C=O) groups is 1. The highest BCUT2D eigenvalue weighted by Gasteiger charge is 2.59. The van der Waals surface area contributed by atoms with Gasteiger partial charge in [0.15, 0.2) is 11.6 Å². The highest BCUT2D eigenvalue weighted by molar-refractivity contribution is 7.98. The fourth-order valence-corrected chi connectivity index (χ4v) is 3.25. The lowest BCUT2D eigenvalue weighted by atomic mass is 10.1. The maximum absolute atomic E-state index is 13.5. The minimum absolute atomic E-state index is 0.0957. The van der Waals surface area contributed by atoms with Crippen molar-refractivity contribution in [3.63, 3.8) is 0 Å². The van der Waals surface area contributed by atoms with Gasteiger partial charge in [-0.1, -0.05) is 6.07 Å². The van der Waals surface area contributed by atoms with E-state index in [4.69, 9.17) is 0 Å². The number of halogens is 2. The van der Waals surface area contributed by atoms with Crippen molar-refractivity contribution in [2.75, 3.05) is 18.6 Å². The van der Waals surface area contributed by atoms with Crippen molar-refractivity contribution >= 4 is 17.7 Å². The van der Waals surface area contributed by atoms with Gasteiger partial charge in [-0.15, -0.1) is 0 Å². The van der Waals surface area contributed by atoms with Crippen LogP contribution >= 0.6 is 11.8 Å². The first kappa shape index (κ1) is 14.8. The first-order valence-electron chi connectivity index (χ1n) is 7.10. The van der Waals surface area contributed by atoms with E-state index in [1.54, 1.807) is 22.7 Å². The van der Waals surface area contributed by atoms with Crippen LogP contribution in [0.1, 0.15) is 31.0 Å². The number of amides is 1. The van der Waals surface area contributed by atoms with Crippen LogP contribution in [0, 0.1) is 11.6 Å². The number of hydrogen-bond donors (Lipinski definition) is 1. The average Bonchev–Trinajstić information content (AvgIpc) is 3.20. The summed E-state index contributed by atoms with van der Waals surface area (Å²) in [5.41, 5.74) is 0.157. The summed E-state index contributed by atoms with van der Waals surface area (Å²) < 4.78 is 26.6. The highest BCUT2D eigenvalue weighted by atomic mass is 32.2. The van der Waals surface area contributed by atoms with Crippen LogP contribution in [0.5, 0.6) is 0 Å². The maximum atomic E-state index is 13.5. The zero-order valence-electron chi connectivity index (χ0n) is 11.9. The summed E-state index contributed by atoms with van der Waals surface area (Å²) in [5, 5.41) is 3.31. The van der Waals surface area contributed by atoms with E-state index < -0.39 is 17.2 Å². The minimum Gasteiger partial charge on any atom is -0.321 e. The second kappa shape index (κ2) is 5.57. The average molecular weight is 312 g/mol. The SMILES string of the molecule is CSCCCN1C(=O)C2(CC2)NC1c1ccc(F)c(F)c1. The summed E-state index contributed by atoms with van der Waals surface area (Å²) in [5.74, 6) is -0.666. The number of rotatable bonds is 5.